The molecule has 3 N–H and O–H groups in total. The van der Waals surface area contributed by atoms with Crippen molar-refractivity contribution in [1.29, 1.82) is 0 Å². The lowest BCUT2D eigenvalue weighted by Crippen LogP contribution is -2.51. The van der Waals surface area contributed by atoms with Gasteiger partial charge in [0.05, 0.1) is 17.4 Å². The number of likely N-dealkylation sites (tertiary alicyclic amines) is 1. The van der Waals surface area contributed by atoms with Gasteiger partial charge in [0, 0.05) is 42.4 Å². The number of benzene rings is 2. The van der Waals surface area contributed by atoms with E-state index in [0.717, 1.165) is 77.9 Å². The number of aromatic nitrogens is 2. The number of anilines is 1. The third-order valence-corrected chi connectivity index (χ3v) is 7.49. The average Bonchev–Trinajstić information content (AvgIpc) is 3.27. The highest BCUT2D eigenvalue weighted by Crippen LogP contribution is 2.28. The summed E-state index contributed by atoms with van der Waals surface area (Å²) in [5.41, 5.74) is 6.39. The quantitative estimate of drug-likeness (QED) is 0.417. The molecule has 36 heavy (non-hydrogen) atoms. The van der Waals surface area contributed by atoms with E-state index in [4.69, 9.17) is 0 Å². The number of carbonyl (C=O) groups excluding carboxylic acids is 2. The van der Waals surface area contributed by atoms with Crippen molar-refractivity contribution in [2.45, 2.75) is 58.2 Å². The molecule has 0 aliphatic carbocycles. The van der Waals surface area contributed by atoms with E-state index < -0.39 is 0 Å². The number of hydrogen-bond donors (Lipinski definition) is 3. The molecule has 1 aromatic heterocycles. The first kappa shape index (κ1) is 23.9. The van der Waals surface area contributed by atoms with Gasteiger partial charge in [-0.3, -0.25) is 5.10 Å². The van der Waals surface area contributed by atoms with Crippen LogP contribution in [0.15, 0.2) is 48.8 Å². The second kappa shape index (κ2) is 10.0. The van der Waals surface area contributed by atoms with Crippen LogP contribution in [0.3, 0.4) is 0 Å². The Morgan fingerprint density at radius 2 is 2.06 bits per heavy atom. The topological polar surface area (TPSA) is 93.4 Å². The predicted molar refractivity (Wildman–Crippen MR) is 142 cm³/mol. The largest absolute Gasteiger partial charge is 0.362 e. The summed E-state index contributed by atoms with van der Waals surface area (Å²) in [7, 11) is 0. The van der Waals surface area contributed by atoms with E-state index in [1.165, 1.54) is 5.56 Å². The number of aromatic amines is 1. The Morgan fingerprint density at radius 3 is 2.81 bits per heavy atom. The smallest absolute Gasteiger partial charge is 0.322 e. The molecule has 1 saturated heterocycles. The zero-order valence-corrected chi connectivity index (χ0v) is 21.0. The van der Waals surface area contributed by atoms with Crippen LogP contribution in [0.5, 0.6) is 0 Å². The third-order valence-electron chi connectivity index (χ3n) is 7.49. The predicted octanol–water partition coefficient (Wildman–Crippen LogP) is 4.12. The zero-order valence-electron chi connectivity index (χ0n) is 21.0. The molecule has 1 unspecified atom stereocenters. The van der Waals surface area contributed by atoms with E-state index in [2.05, 4.69) is 57.4 Å². The number of carbonyl (C=O) groups is 2. The second-order valence-electron chi connectivity index (χ2n) is 9.82. The van der Waals surface area contributed by atoms with Crippen molar-refractivity contribution in [3.05, 3.63) is 71.2 Å². The molecular formula is C28H34N6O2. The summed E-state index contributed by atoms with van der Waals surface area (Å²) in [5.74, 6) is 0.760. The Kier molecular flexibility index (Phi) is 6.67. The van der Waals surface area contributed by atoms with Crippen molar-refractivity contribution in [2.24, 2.45) is 0 Å². The van der Waals surface area contributed by atoms with Crippen molar-refractivity contribution >= 4 is 28.9 Å². The van der Waals surface area contributed by atoms with Crippen molar-refractivity contribution in [2.75, 3.05) is 18.4 Å². The summed E-state index contributed by atoms with van der Waals surface area (Å²) in [4.78, 5) is 28.8. The van der Waals surface area contributed by atoms with Crippen LogP contribution < -0.4 is 10.6 Å². The van der Waals surface area contributed by atoms with Crippen molar-refractivity contribution < 1.29 is 9.59 Å². The molecule has 0 radical (unpaired) electrons. The van der Waals surface area contributed by atoms with E-state index in [1.807, 2.05) is 30.0 Å². The van der Waals surface area contributed by atoms with E-state index in [1.54, 1.807) is 0 Å². The Labute approximate surface area is 211 Å². The number of para-hydroxylation sites is 1. The van der Waals surface area contributed by atoms with Gasteiger partial charge in [-0.25, -0.2) is 4.79 Å². The molecule has 5 rings (SSSR count). The van der Waals surface area contributed by atoms with Gasteiger partial charge in [-0.05, 0) is 61.4 Å². The number of piperidine rings is 1. The van der Waals surface area contributed by atoms with E-state index in [-0.39, 0.29) is 18.1 Å². The molecule has 2 aliphatic rings. The number of urea groups is 1. The molecule has 1 atom stereocenters. The summed E-state index contributed by atoms with van der Waals surface area (Å²) < 4.78 is 0. The molecule has 2 aliphatic heterocycles. The van der Waals surface area contributed by atoms with Crippen LogP contribution in [0, 0.1) is 6.92 Å². The van der Waals surface area contributed by atoms with E-state index >= 15 is 0 Å². The molecule has 0 spiro atoms. The minimum absolute atomic E-state index is 0.0265. The molecular weight excluding hydrogens is 452 g/mol. The van der Waals surface area contributed by atoms with Crippen LogP contribution >= 0.6 is 0 Å². The summed E-state index contributed by atoms with van der Waals surface area (Å²) in [6.45, 7) is 10.6. The highest BCUT2D eigenvalue weighted by molar-refractivity contribution is 5.92. The number of nitrogens with zero attached hydrogens (tertiary/aromatic N) is 3. The molecule has 3 aromatic rings. The standard InChI is InChI=1S/C28H34N6O2/c1-4-21-13-20(15-25-18(2)31-32-27(21)25)14-23(17-35)29-19(3)33-11-9-24(10-12-33)34-16-22-7-5-6-8-26(22)30-28(34)36/h5-8,13,15,17,23-24,29H,3-4,9-12,14,16H2,1-2H3,(H,30,36)(H,31,32). The number of rotatable bonds is 8. The summed E-state index contributed by atoms with van der Waals surface area (Å²) >= 11 is 0. The first-order chi connectivity index (χ1) is 17.5. The van der Waals surface area contributed by atoms with Crippen LogP contribution in [0.2, 0.25) is 0 Å². The normalized spacial score (nSPS) is 17.0. The molecule has 188 valence electrons. The van der Waals surface area contributed by atoms with Gasteiger partial charge in [0.15, 0.2) is 0 Å². The number of H-pyrrole nitrogens is 1. The van der Waals surface area contributed by atoms with Gasteiger partial charge in [0.1, 0.15) is 6.29 Å². The lowest BCUT2D eigenvalue weighted by Gasteiger charge is -2.42. The van der Waals surface area contributed by atoms with Crippen LogP contribution in [-0.2, 0) is 24.2 Å². The van der Waals surface area contributed by atoms with Gasteiger partial charge in [-0.15, -0.1) is 0 Å². The van der Waals surface area contributed by atoms with Gasteiger partial charge in [0.2, 0.25) is 0 Å². The number of aryl methyl sites for hydroxylation is 2. The Bertz CT molecular complexity index is 1290. The Morgan fingerprint density at radius 1 is 1.28 bits per heavy atom. The lowest BCUT2D eigenvalue weighted by molar-refractivity contribution is -0.109. The molecule has 2 aromatic carbocycles. The van der Waals surface area contributed by atoms with E-state index in [9.17, 15) is 9.59 Å². The highest BCUT2D eigenvalue weighted by atomic mass is 16.2. The Balaban J connectivity index is 1.18. The first-order valence-corrected chi connectivity index (χ1v) is 12.7. The monoisotopic (exact) mass is 486 g/mol. The van der Waals surface area contributed by atoms with Crippen LogP contribution in [0.1, 0.15) is 42.1 Å². The number of amides is 2. The molecule has 3 heterocycles. The van der Waals surface area contributed by atoms with Crippen LogP contribution in [-0.4, -0.2) is 57.5 Å². The van der Waals surface area contributed by atoms with Crippen molar-refractivity contribution in [3.63, 3.8) is 0 Å². The highest BCUT2D eigenvalue weighted by Gasteiger charge is 2.32. The fraction of sp³-hybridized carbons (Fsp3) is 0.393. The lowest BCUT2D eigenvalue weighted by atomic mass is 9.99. The minimum atomic E-state index is -0.367. The molecule has 0 saturated carbocycles. The van der Waals surface area contributed by atoms with Gasteiger partial charge >= 0.3 is 6.03 Å². The number of fused-ring (bicyclic) bond motifs is 2. The molecule has 8 nitrogen and oxygen atoms in total. The Hall–Kier alpha value is -3.81. The van der Waals surface area contributed by atoms with Gasteiger partial charge in [0.25, 0.3) is 0 Å². The molecule has 2 amide bonds. The number of hydrogen-bond acceptors (Lipinski definition) is 5. The maximum Gasteiger partial charge on any atom is 0.322 e. The second-order valence-corrected chi connectivity index (χ2v) is 9.82. The van der Waals surface area contributed by atoms with Crippen LogP contribution in [0.25, 0.3) is 10.9 Å². The van der Waals surface area contributed by atoms with Gasteiger partial charge < -0.3 is 25.2 Å². The minimum Gasteiger partial charge on any atom is -0.362 e. The molecule has 8 heteroatoms. The fourth-order valence-corrected chi connectivity index (χ4v) is 5.42. The molecule has 0 bridgehead atoms. The SMILES string of the molecule is C=C(NC(C=O)Cc1cc(CC)c2n[nH]c(C)c2c1)N1CCC(N2Cc3ccccc3NC2=O)CC1. The van der Waals surface area contributed by atoms with Gasteiger partial charge in [-0.2, -0.15) is 5.10 Å². The fourth-order valence-electron chi connectivity index (χ4n) is 5.42. The first-order valence-electron chi connectivity index (χ1n) is 12.7. The van der Waals surface area contributed by atoms with Crippen molar-refractivity contribution in [3.8, 4) is 0 Å². The number of nitrogens with one attached hydrogen (secondary N) is 3. The maximum atomic E-state index is 12.7. The zero-order chi connectivity index (χ0) is 25.2. The van der Waals surface area contributed by atoms with Gasteiger partial charge in [-0.1, -0.05) is 37.8 Å². The number of aldehydes is 1. The maximum absolute atomic E-state index is 12.7. The third kappa shape index (κ3) is 4.67. The van der Waals surface area contributed by atoms with Crippen LogP contribution in [0.4, 0.5) is 10.5 Å². The summed E-state index contributed by atoms with van der Waals surface area (Å²) in [5, 5.41) is 15.0. The van der Waals surface area contributed by atoms with Crippen molar-refractivity contribution in [1.82, 2.24) is 25.3 Å². The van der Waals surface area contributed by atoms with E-state index in [0.29, 0.717) is 13.0 Å². The average molecular weight is 487 g/mol. The molecule has 1 fully saturated rings. The summed E-state index contributed by atoms with van der Waals surface area (Å²) in [6.07, 6.45) is 4.15. The summed E-state index contributed by atoms with van der Waals surface area (Å²) in [6, 6.07) is 12.0.